The predicted molar refractivity (Wildman–Crippen MR) is 88.1 cm³/mol. The summed E-state index contributed by atoms with van der Waals surface area (Å²) >= 11 is 6.01. The number of rotatable bonds is 2. The van der Waals surface area contributed by atoms with Gasteiger partial charge in [0.2, 0.25) is 0 Å². The van der Waals surface area contributed by atoms with Gasteiger partial charge in [0.15, 0.2) is 9.84 Å². The van der Waals surface area contributed by atoms with Crippen LogP contribution in [0.1, 0.15) is 17.3 Å². The van der Waals surface area contributed by atoms with E-state index in [1.54, 1.807) is 18.2 Å². The van der Waals surface area contributed by atoms with E-state index < -0.39 is 27.6 Å². The van der Waals surface area contributed by atoms with Gasteiger partial charge in [0.25, 0.3) is 5.91 Å². The molecule has 2 aromatic rings. The molecule has 2 aromatic carbocycles. The zero-order chi connectivity index (χ0) is 17.5. The van der Waals surface area contributed by atoms with Crippen LogP contribution in [0.15, 0.2) is 47.4 Å². The molecule has 0 saturated heterocycles. The van der Waals surface area contributed by atoms with E-state index in [1.807, 2.05) is 0 Å². The Bertz CT molecular complexity index is 955. The lowest BCUT2D eigenvalue weighted by Gasteiger charge is -2.16. The van der Waals surface area contributed by atoms with Crippen LogP contribution in [0.4, 0.5) is 5.69 Å². The lowest BCUT2D eigenvalue weighted by atomic mass is 10.2. The van der Waals surface area contributed by atoms with Gasteiger partial charge in [0.1, 0.15) is 11.6 Å². The van der Waals surface area contributed by atoms with E-state index in [1.165, 1.54) is 36.1 Å². The second-order valence-electron chi connectivity index (χ2n) is 5.18. The fourth-order valence-corrected chi connectivity index (χ4v) is 4.18. The molecular formula is C16H12ClNO5S. The number of nitrogens with zero attached hydrogens (tertiary/aromatic N) is 1. The molecule has 1 amide bonds. The highest BCUT2D eigenvalue weighted by atomic mass is 35.5. The van der Waals surface area contributed by atoms with Gasteiger partial charge < -0.3 is 4.74 Å². The number of hydrogen-bond donors (Lipinski definition) is 0. The number of anilines is 1. The maximum atomic E-state index is 12.7. The van der Waals surface area contributed by atoms with E-state index >= 15 is 0 Å². The highest BCUT2D eigenvalue weighted by Crippen LogP contribution is 2.35. The standard InChI is InChI=1S/C16H12ClNO5S/c1-10(19)23-14-7-6-11(8-12(14)17)16(20)18-9-24(21,22)15-5-3-2-4-13(15)18/h2-8H,9H2,1H3. The van der Waals surface area contributed by atoms with Crippen molar-refractivity contribution < 1.29 is 22.7 Å². The van der Waals surface area contributed by atoms with Crippen LogP contribution in [-0.4, -0.2) is 26.2 Å². The Morgan fingerprint density at radius 1 is 1.17 bits per heavy atom. The van der Waals surface area contributed by atoms with Crippen molar-refractivity contribution in [3.63, 3.8) is 0 Å². The third-order valence-corrected chi connectivity index (χ3v) is 5.38. The Hall–Kier alpha value is -2.38. The van der Waals surface area contributed by atoms with E-state index in [2.05, 4.69) is 0 Å². The zero-order valence-corrected chi connectivity index (χ0v) is 14.1. The lowest BCUT2D eigenvalue weighted by molar-refractivity contribution is -0.131. The third-order valence-electron chi connectivity index (χ3n) is 3.47. The molecule has 8 heteroatoms. The van der Waals surface area contributed by atoms with E-state index in [4.69, 9.17) is 16.3 Å². The first-order valence-electron chi connectivity index (χ1n) is 6.91. The number of fused-ring (bicyclic) bond motifs is 1. The molecule has 0 aliphatic carbocycles. The summed E-state index contributed by atoms with van der Waals surface area (Å²) in [5.74, 6) is -1.32. The quantitative estimate of drug-likeness (QED) is 0.603. The summed E-state index contributed by atoms with van der Waals surface area (Å²) in [6, 6.07) is 10.5. The highest BCUT2D eigenvalue weighted by Gasteiger charge is 2.36. The Morgan fingerprint density at radius 3 is 2.54 bits per heavy atom. The first kappa shape index (κ1) is 16.5. The molecule has 24 heavy (non-hydrogen) atoms. The Labute approximate surface area is 143 Å². The predicted octanol–water partition coefficient (Wildman–Crippen LogP) is 2.66. The molecule has 1 heterocycles. The fourth-order valence-electron chi connectivity index (χ4n) is 2.45. The van der Waals surface area contributed by atoms with Crippen molar-refractivity contribution in [2.24, 2.45) is 0 Å². The van der Waals surface area contributed by atoms with Crippen LogP contribution in [0.3, 0.4) is 0 Å². The third kappa shape index (κ3) is 2.88. The van der Waals surface area contributed by atoms with Crippen molar-refractivity contribution in [1.29, 1.82) is 0 Å². The summed E-state index contributed by atoms with van der Waals surface area (Å²) in [5.41, 5.74) is 0.533. The summed E-state index contributed by atoms with van der Waals surface area (Å²) in [6.07, 6.45) is 0. The number of para-hydroxylation sites is 1. The van der Waals surface area contributed by atoms with E-state index in [0.29, 0.717) is 5.69 Å². The second-order valence-corrected chi connectivity index (χ2v) is 7.52. The monoisotopic (exact) mass is 365 g/mol. The number of ether oxygens (including phenoxy) is 1. The number of amides is 1. The van der Waals surface area contributed by atoms with Crippen LogP contribution in [0.25, 0.3) is 0 Å². The number of carbonyl (C=O) groups is 2. The van der Waals surface area contributed by atoms with Gasteiger partial charge in [-0.1, -0.05) is 23.7 Å². The number of halogens is 1. The minimum absolute atomic E-state index is 0.0892. The maximum absolute atomic E-state index is 12.7. The molecule has 0 bridgehead atoms. The molecule has 0 unspecified atom stereocenters. The summed E-state index contributed by atoms with van der Waals surface area (Å²) in [5, 5.41) is 0.0892. The maximum Gasteiger partial charge on any atom is 0.308 e. The fraction of sp³-hybridized carbons (Fsp3) is 0.125. The molecule has 0 saturated carbocycles. The normalized spacial score (nSPS) is 15.0. The number of hydrogen-bond acceptors (Lipinski definition) is 5. The molecule has 0 atom stereocenters. The first-order valence-corrected chi connectivity index (χ1v) is 8.94. The van der Waals surface area contributed by atoms with Gasteiger partial charge >= 0.3 is 5.97 Å². The summed E-state index contributed by atoms with van der Waals surface area (Å²) in [4.78, 5) is 25.0. The highest BCUT2D eigenvalue weighted by molar-refractivity contribution is 7.92. The van der Waals surface area contributed by atoms with Crippen LogP contribution < -0.4 is 9.64 Å². The zero-order valence-electron chi connectivity index (χ0n) is 12.5. The first-order chi connectivity index (χ1) is 11.3. The van der Waals surface area contributed by atoms with Crippen molar-refractivity contribution in [3.05, 3.63) is 53.1 Å². The number of carbonyl (C=O) groups excluding carboxylic acids is 2. The van der Waals surface area contributed by atoms with E-state index in [9.17, 15) is 18.0 Å². The van der Waals surface area contributed by atoms with E-state index in [-0.39, 0.29) is 21.2 Å². The van der Waals surface area contributed by atoms with Gasteiger partial charge in [-0.15, -0.1) is 0 Å². The van der Waals surface area contributed by atoms with Gasteiger partial charge in [0.05, 0.1) is 15.6 Å². The van der Waals surface area contributed by atoms with Crippen LogP contribution >= 0.6 is 11.6 Å². The minimum Gasteiger partial charge on any atom is -0.425 e. The molecule has 6 nitrogen and oxygen atoms in total. The number of sulfone groups is 1. The summed E-state index contributed by atoms with van der Waals surface area (Å²) in [6.45, 7) is 1.24. The van der Waals surface area contributed by atoms with E-state index in [0.717, 1.165) is 0 Å². The summed E-state index contributed by atoms with van der Waals surface area (Å²) < 4.78 is 29.2. The molecule has 0 radical (unpaired) electrons. The molecule has 124 valence electrons. The minimum atomic E-state index is -3.54. The topological polar surface area (TPSA) is 80.8 Å². The van der Waals surface area contributed by atoms with Crippen LogP contribution in [0, 0.1) is 0 Å². The van der Waals surface area contributed by atoms with Crippen molar-refractivity contribution in [1.82, 2.24) is 0 Å². The molecule has 0 aromatic heterocycles. The smallest absolute Gasteiger partial charge is 0.308 e. The largest absolute Gasteiger partial charge is 0.425 e. The van der Waals surface area contributed by atoms with Crippen LogP contribution in [0.2, 0.25) is 5.02 Å². The van der Waals surface area contributed by atoms with Crippen LogP contribution in [0.5, 0.6) is 5.75 Å². The van der Waals surface area contributed by atoms with Crippen molar-refractivity contribution in [2.45, 2.75) is 11.8 Å². The molecule has 0 N–H and O–H groups in total. The van der Waals surface area contributed by atoms with Crippen molar-refractivity contribution in [3.8, 4) is 5.75 Å². The number of benzene rings is 2. The Balaban J connectivity index is 1.96. The molecular weight excluding hydrogens is 354 g/mol. The molecule has 0 spiro atoms. The molecule has 0 fully saturated rings. The average molecular weight is 366 g/mol. The summed E-state index contributed by atoms with van der Waals surface area (Å²) in [7, 11) is -3.54. The average Bonchev–Trinajstić information content (AvgIpc) is 2.80. The van der Waals surface area contributed by atoms with Gasteiger partial charge in [-0.05, 0) is 30.3 Å². The molecule has 3 rings (SSSR count). The van der Waals surface area contributed by atoms with Gasteiger partial charge in [-0.2, -0.15) is 0 Å². The Kier molecular flexibility index (Phi) is 4.06. The SMILES string of the molecule is CC(=O)Oc1ccc(C(=O)N2CS(=O)(=O)c3ccccc32)cc1Cl. The number of esters is 1. The molecule has 1 aliphatic heterocycles. The van der Waals surface area contributed by atoms with Crippen LogP contribution in [-0.2, 0) is 14.6 Å². The molecule has 1 aliphatic rings. The van der Waals surface area contributed by atoms with Gasteiger partial charge in [-0.3, -0.25) is 14.5 Å². The van der Waals surface area contributed by atoms with Gasteiger partial charge in [-0.25, -0.2) is 8.42 Å². The second kappa shape index (κ2) is 5.92. The van der Waals surface area contributed by atoms with Crippen molar-refractivity contribution >= 4 is 39.0 Å². The van der Waals surface area contributed by atoms with Gasteiger partial charge in [0, 0.05) is 12.5 Å². The Morgan fingerprint density at radius 2 is 1.88 bits per heavy atom. The lowest BCUT2D eigenvalue weighted by Crippen LogP contribution is -2.30. The van der Waals surface area contributed by atoms with Crippen molar-refractivity contribution in [2.75, 3.05) is 10.8 Å².